The van der Waals surface area contributed by atoms with Crippen LogP contribution in [0.15, 0.2) is 0 Å². The summed E-state index contributed by atoms with van der Waals surface area (Å²) in [7, 11) is 2.11. The van der Waals surface area contributed by atoms with Crippen LogP contribution in [0.3, 0.4) is 0 Å². The standard InChI is InChI=1S/C12H25NS/c1-5-8-14-11-9-12(2,3)7-6-10(11)13-4/h10-11,13H,5-9H2,1-4H3. The fourth-order valence-electron chi connectivity index (χ4n) is 2.30. The Kier molecular flexibility index (Phi) is 4.78. The molecule has 0 saturated heterocycles. The molecule has 2 unspecified atom stereocenters. The Morgan fingerprint density at radius 3 is 2.71 bits per heavy atom. The third kappa shape index (κ3) is 3.47. The quantitative estimate of drug-likeness (QED) is 0.772. The zero-order valence-electron chi connectivity index (χ0n) is 10.1. The summed E-state index contributed by atoms with van der Waals surface area (Å²) in [5.41, 5.74) is 0.568. The van der Waals surface area contributed by atoms with E-state index in [0.717, 1.165) is 11.3 Å². The average Bonchev–Trinajstić information content (AvgIpc) is 2.14. The molecule has 0 aromatic rings. The van der Waals surface area contributed by atoms with Gasteiger partial charge < -0.3 is 5.32 Å². The van der Waals surface area contributed by atoms with Crippen LogP contribution in [0.4, 0.5) is 0 Å². The largest absolute Gasteiger partial charge is 0.316 e. The Balaban J connectivity index is 2.47. The van der Waals surface area contributed by atoms with E-state index in [-0.39, 0.29) is 0 Å². The molecule has 0 radical (unpaired) electrons. The van der Waals surface area contributed by atoms with Crippen LogP contribution in [0, 0.1) is 5.41 Å². The first-order valence-corrected chi connectivity index (χ1v) is 6.93. The van der Waals surface area contributed by atoms with Crippen LogP contribution < -0.4 is 5.32 Å². The van der Waals surface area contributed by atoms with Gasteiger partial charge in [0.05, 0.1) is 0 Å². The van der Waals surface area contributed by atoms with E-state index in [4.69, 9.17) is 0 Å². The maximum atomic E-state index is 3.48. The summed E-state index contributed by atoms with van der Waals surface area (Å²) >= 11 is 2.17. The fourth-order valence-corrected chi connectivity index (χ4v) is 3.91. The molecule has 2 heteroatoms. The second-order valence-corrected chi connectivity index (χ2v) is 6.56. The molecule has 1 rings (SSSR count). The van der Waals surface area contributed by atoms with Crippen LogP contribution in [0.25, 0.3) is 0 Å². The van der Waals surface area contributed by atoms with Gasteiger partial charge in [-0.15, -0.1) is 0 Å². The van der Waals surface area contributed by atoms with E-state index in [1.54, 1.807) is 0 Å². The summed E-state index contributed by atoms with van der Waals surface area (Å²) < 4.78 is 0. The van der Waals surface area contributed by atoms with Gasteiger partial charge in [-0.05, 0) is 43.9 Å². The van der Waals surface area contributed by atoms with Crippen molar-refractivity contribution in [2.75, 3.05) is 12.8 Å². The summed E-state index contributed by atoms with van der Waals surface area (Å²) in [6, 6.07) is 0.750. The van der Waals surface area contributed by atoms with Gasteiger partial charge in [-0.2, -0.15) is 11.8 Å². The van der Waals surface area contributed by atoms with Crippen molar-refractivity contribution < 1.29 is 0 Å². The SMILES string of the molecule is CCCSC1CC(C)(C)CCC1NC. The van der Waals surface area contributed by atoms with Crippen LogP contribution in [0.2, 0.25) is 0 Å². The highest BCUT2D eigenvalue weighted by Gasteiger charge is 2.33. The minimum Gasteiger partial charge on any atom is -0.316 e. The molecule has 1 fully saturated rings. The van der Waals surface area contributed by atoms with Crippen molar-refractivity contribution in [3.05, 3.63) is 0 Å². The molecule has 0 amide bonds. The summed E-state index contributed by atoms with van der Waals surface area (Å²) in [4.78, 5) is 0. The molecule has 14 heavy (non-hydrogen) atoms. The molecule has 84 valence electrons. The lowest BCUT2D eigenvalue weighted by Crippen LogP contribution is -2.43. The monoisotopic (exact) mass is 215 g/mol. The number of rotatable bonds is 4. The molecule has 1 saturated carbocycles. The topological polar surface area (TPSA) is 12.0 Å². The molecule has 1 aliphatic rings. The molecule has 0 aliphatic heterocycles. The molecule has 0 aromatic carbocycles. The second-order valence-electron chi connectivity index (χ2n) is 5.21. The highest BCUT2D eigenvalue weighted by molar-refractivity contribution is 7.99. The molecular weight excluding hydrogens is 190 g/mol. The number of hydrogen-bond donors (Lipinski definition) is 1. The first kappa shape index (κ1) is 12.4. The molecule has 1 nitrogen and oxygen atoms in total. The zero-order valence-corrected chi connectivity index (χ0v) is 10.9. The van der Waals surface area contributed by atoms with Crippen molar-refractivity contribution in [1.29, 1.82) is 0 Å². The van der Waals surface area contributed by atoms with Crippen molar-refractivity contribution in [3.63, 3.8) is 0 Å². The van der Waals surface area contributed by atoms with Gasteiger partial charge in [-0.1, -0.05) is 20.8 Å². The number of hydrogen-bond acceptors (Lipinski definition) is 2. The molecule has 2 atom stereocenters. The van der Waals surface area contributed by atoms with Crippen LogP contribution >= 0.6 is 11.8 Å². The molecule has 1 aliphatic carbocycles. The maximum absolute atomic E-state index is 3.48. The molecule has 0 heterocycles. The van der Waals surface area contributed by atoms with Gasteiger partial charge in [0.25, 0.3) is 0 Å². The van der Waals surface area contributed by atoms with E-state index in [0.29, 0.717) is 5.41 Å². The lowest BCUT2D eigenvalue weighted by molar-refractivity contribution is 0.218. The summed E-state index contributed by atoms with van der Waals surface area (Å²) in [5.74, 6) is 1.32. The molecular formula is C12H25NS. The van der Waals surface area contributed by atoms with Crippen molar-refractivity contribution in [3.8, 4) is 0 Å². The van der Waals surface area contributed by atoms with E-state index in [2.05, 4.69) is 44.9 Å². The lowest BCUT2D eigenvalue weighted by atomic mass is 9.75. The minimum absolute atomic E-state index is 0.568. The Labute approximate surface area is 93.4 Å². The van der Waals surface area contributed by atoms with E-state index in [9.17, 15) is 0 Å². The van der Waals surface area contributed by atoms with Crippen molar-refractivity contribution in [1.82, 2.24) is 5.32 Å². The van der Waals surface area contributed by atoms with E-state index < -0.39 is 0 Å². The summed E-state index contributed by atoms with van der Waals surface area (Å²) in [5, 5.41) is 4.32. The zero-order chi connectivity index (χ0) is 10.6. The second kappa shape index (κ2) is 5.41. The van der Waals surface area contributed by atoms with Crippen LogP contribution in [-0.2, 0) is 0 Å². The Morgan fingerprint density at radius 2 is 2.14 bits per heavy atom. The lowest BCUT2D eigenvalue weighted by Gasteiger charge is -2.40. The maximum Gasteiger partial charge on any atom is 0.0206 e. The van der Waals surface area contributed by atoms with Gasteiger partial charge in [0, 0.05) is 11.3 Å². The van der Waals surface area contributed by atoms with Crippen molar-refractivity contribution in [2.24, 2.45) is 5.41 Å². The van der Waals surface area contributed by atoms with Gasteiger partial charge in [-0.25, -0.2) is 0 Å². The Hall–Kier alpha value is 0.310. The first-order chi connectivity index (χ1) is 6.59. The van der Waals surface area contributed by atoms with Gasteiger partial charge in [0.1, 0.15) is 0 Å². The Bertz CT molecular complexity index is 168. The highest BCUT2D eigenvalue weighted by atomic mass is 32.2. The molecule has 0 spiro atoms. The van der Waals surface area contributed by atoms with Gasteiger partial charge >= 0.3 is 0 Å². The predicted octanol–water partition coefficient (Wildman–Crippen LogP) is 3.30. The first-order valence-electron chi connectivity index (χ1n) is 5.88. The Morgan fingerprint density at radius 1 is 1.43 bits per heavy atom. The van der Waals surface area contributed by atoms with Crippen molar-refractivity contribution in [2.45, 2.75) is 57.7 Å². The minimum atomic E-state index is 0.568. The highest BCUT2D eigenvalue weighted by Crippen LogP contribution is 2.40. The normalized spacial score (nSPS) is 31.7. The summed E-state index contributed by atoms with van der Waals surface area (Å²) in [6.45, 7) is 7.10. The van der Waals surface area contributed by atoms with Crippen LogP contribution in [0.1, 0.15) is 46.5 Å². The van der Waals surface area contributed by atoms with E-state index in [1.165, 1.54) is 31.4 Å². The third-order valence-electron chi connectivity index (χ3n) is 3.24. The molecule has 0 bridgehead atoms. The van der Waals surface area contributed by atoms with Gasteiger partial charge in [0.15, 0.2) is 0 Å². The average molecular weight is 215 g/mol. The van der Waals surface area contributed by atoms with Gasteiger partial charge in [-0.3, -0.25) is 0 Å². The number of thioether (sulfide) groups is 1. The predicted molar refractivity (Wildman–Crippen MR) is 67.0 cm³/mol. The van der Waals surface area contributed by atoms with Crippen LogP contribution in [0.5, 0.6) is 0 Å². The molecule has 0 aromatic heterocycles. The van der Waals surface area contributed by atoms with Gasteiger partial charge in [0.2, 0.25) is 0 Å². The third-order valence-corrected chi connectivity index (χ3v) is 4.81. The smallest absolute Gasteiger partial charge is 0.0206 e. The summed E-state index contributed by atoms with van der Waals surface area (Å²) in [6.07, 6.45) is 5.41. The fraction of sp³-hybridized carbons (Fsp3) is 1.00. The number of nitrogens with one attached hydrogen (secondary N) is 1. The van der Waals surface area contributed by atoms with E-state index >= 15 is 0 Å². The van der Waals surface area contributed by atoms with E-state index in [1.807, 2.05) is 0 Å². The van der Waals surface area contributed by atoms with Crippen molar-refractivity contribution >= 4 is 11.8 Å². The van der Waals surface area contributed by atoms with Crippen LogP contribution in [-0.4, -0.2) is 24.1 Å². The molecule has 1 N–H and O–H groups in total.